The lowest BCUT2D eigenvalue weighted by Gasteiger charge is -2.07. The van der Waals surface area contributed by atoms with Crippen LogP contribution in [0.2, 0.25) is 0 Å². The minimum Gasteiger partial charge on any atom is -0.388 e. The lowest BCUT2D eigenvalue weighted by molar-refractivity contribution is 0.269. The number of aromatic amines is 1. The third-order valence-electron chi connectivity index (χ3n) is 2.63. The molecule has 4 nitrogen and oxygen atoms in total. The molecular weight excluding hydrogens is 222 g/mol. The summed E-state index contributed by atoms with van der Waals surface area (Å²) in [5, 5.41) is 15.8. The molecule has 2 N–H and O–H groups in total. The number of rotatable bonds is 2. The van der Waals surface area contributed by atoms with Gasteiger partial charge in [0.1, 0.15) is 6.61 Å². The number of aryl methyl sites for hydroxylation is 2. The van der Waals surface area contributed by atoms with Crippen LogP contribution in [-0.2, 0) is 6.61 Å². The Bertz CT molecular complexity index is 571. The molecule has 2 rings (SSSR count). The van der Waals surface area contributed by atoms with E-state index >= 15 is 0 Å². The van der Waals surface area contributed by atoms with Gasteiger partial charge < -0.3 is 5.11 Å². The van der Waals surface area contributed by atoms with E-state index in [4.69, 9.17) is 17.3 Å². The molecule has 0 radical (unpaired) electrons. The highest BCUT2D eigenvalue weighted by atomic mass is 32.1. The van der Waals surface area contributed by atoms with Crippen LogP contribution in [-0.4, -0.2) is 19.9 Å². The number of aliphatic hydroxyl groups is 1. The molecule has 0 unspecified atom stereocenters. The third-order valence-corrected chi connectivity index (χ3v) is 2.91. The maximum absolute atomic E-state index is 9.17. The number of aromatic nitrogens is 3. The fraction of sp³-hybridized carbons (Fsp3) is 0.273. The average molecular weight is 235 g/mol. The Morgan fingerprint density at radius 1 is 1.38 bits per heavy atom. The summed E-state index contributed by atoms with van der Waals surface area (Å²) in [6.07, 6.45) is 0. The van der Waals surface area contributed by atoms with Crippen LogP contribution >= 0.6 is 12.2 Å². The topological polar surface area (TPSA) is 53.8 Å². The summed E-state index contributed by atoms with van der Waals surface area (Å²) in [6.45, 7) is 3.96. The van der Waals surface area contributed by atoms with Crippen LogP contribution in [0.4, 0.5) is 0 Å². The molecule has 0 aliphatic rings. The Kier molecular flexibility index (Phi) is 2.89. The van der Waals surface area contributed by atoms with E-state index in [1.807, 2.05) is 25.1 Å². The first kappa shape index (κ1) is 11.0. The number of aliphatic hydroxyl groups excluding tert-OH is 1. The predicted molar refractivity (Wildman–Crippen MR) is 64.1 cm³/mol. The SMILES string of the molecule is Cc1ccc(-n2c(CO)n[nH]c2=S)cc1C. The molecule has 0 aliphatic heterocycles. The van der Waals surface area contributed by atoms with Gasteiger partial charge in [-0.05, 0) is 49.3 Å². The quantitative estimate of drug-likeness (QED) is 0.783. The van der Waals surface area contributed by atoms with Gasteiger partial charge in [0.25, 0.3) is 0 Å². The van der Waals surface area contributed by atoms with Crippen molar-refractivity contribution < 1.29 is 5.11 Å². The maximum atomic E-state index is 9.17. The summed E-state index contributed by atoms with van der Waals surface area (Å²) in [5.41, 5.74) is 3.33. The zero-order valence-corrected chi connectivity index (χ0v) is 10.0. The number of hydrogen-bond acceptors (Lipinski definition) is 3. The normalized spacial score (nSPS) is 10.7. The van der Waals surface area contributed by atoms with Crippen molar-refractivity contribution in [2.24, 2.45) is 0 Å². The van der Waals surface area contributed by atoms with E-state index < -0.39 is 0 Å². The molecule has 16 heavy (non-hydrogen) atoms. The van der Waals surface area contributed by atoms with Gasteiger partial charge in [-0.1, -0.05) is 6.07 Å². The average Bonchev–Trinajstić information content (AvgIpc) is 2.64. The van der Waals surface area contributed by atoms with Gasteiger partial charge >= 0.3 is 0 Å². The first-order valence-electron chi connectivity index (χ1n) is 4.98. The van der Waals surface area contributed by atoms with Crippen molar-refractivity contribution in [2.45, 2.75) is 20.5 Å². The summed E-state index contributed by atoms with van der Waals surface area (Å²) in [5.74, 6) is 0.522. The lowest BCUT2D eigenvalue weighted by Crippen LogP contribution is -2.01. The minimum absolute atomic E-state index is 0.139. The number of H-pyrrole nitrogens is 1. The van der Waals surface area contributed by atoms with E-state index in [0.29, 0.717) is 10.6 Å². The molecule has 0 bridgehead atoms. The van der Waals surface area contributed by atoms with Crippen LogP contribution in [0.3, 0.4) is 0 Å². The van der Waals surface area contributed by atoms with Crippen LogP contribution in [0.25, 0.3) is 5.69 Å². The fourth-order valence-electron chi connectivity index (χ4n) is 1.57. The van der Waals surface area contributed by atoms with Crippen LogP contribution in [0.15, 0.2) is 18.2 Å². The zero-order valence-electron chi connectivity index (χ0n) is 9.19. The molecule has 1 aromatic carbocycles. The third kappa shape index (κ3) is 1.79. The lowest BCUT2D eigenvalue weighted by atomic mass is 10.1. The van der Waals surface area contributed by atoms with Crippen LogP contribution in [0, 0.1) is 18.6 Å². The van der Waals surface area contributed by atoms with Crippen molar-refractivity contribution in [2.75, 3.05) is 0 Å². The molecule has 0 atom stereocenters. The van der Waals surface area contributed by atoms with Gasteiger partial charge in [-0.3, -0.25) is 9.67 Å². The minimum atomic E-state index is -0.139. The molecule has 2 aromatic rings. The van der Waals surface area contributed by atoms with Crippen molar-refractivity contribution in [3.05, 3.63) is 39.9 Å². The van der Waals surface area contributed by atoms with E-state index in [1.165, 1.54) is 11.1 Å². The Balaban J connectivity index is 2.62. The molecule has 0 saturated carbocycles. The van der Waals surface area contributed by atoms with Crippen molar-refractivity contribution in [1.82, 2.24) is 14.8 Å². The molecule has 0 fully saturated rings. The van der Waals surface area contributed by atoms with Crippen molar-refractivity contribution in [3.8, 4) is 5.69 Å². The van der Waals surface area contributed by atoms with E-state index in [9.17, 15) is 0 Å². The number of nitrogens with one attached hydrogen (secondary N) is 1. The summed E-state index contributed by atoms with van der Waals surface area (Å²) in [7, 11) is 0. The monoisotopic (exact) mass is 235 g/mol. The zero-order chi connectivity index (χ0) is 11.7. The summed E-state index contributed by atoms with van der Waals surface area (Å²) in [4.78, 5) is 0. The Labute approximate surface area is 98.6 Å². The van der Waals surface area contributed by atoms with Gasteiger partial charge in [-0.2, -0.15) is 5.10 Å². The maximum Gasteiger partial charge on any atom is 0.199 e. The Morgan fingerprint density at radius 3 is 2.75 bits per heavy atom. The summed E-state index contributed by atoms with van der Waals surface area (Å²) in [6, 6.07) is 6.02. The number of hydrogen-bond donors (Lipinski definition) is 2. The highest BCUT2D eigenvalue weighted by Crippen LogP contribution is 2.15. The highest BCUT2D eigenvalue weighted by molar-refractivity contribution is 7.71. The van der Waals surface area contributed by atoms with Crippen molar-refractivity contribution >= 4 is 12.2 Å². The number of nitrogens with zero attached hydrogens (tertiary/aromatic N) is 2. The van der Waals surface area contributed by atoms with E-state index in [2.05, 4.69) is 17.1 Å². The molecule has 84 valence electrons. The standard InChI is InChI=1S/C11H13N3OS/c1-7-3-4-9(5-8(7)2)14-10(6-15)12-13-11(14)16/h3-5,15H,6H2,1-2H3,(H,13,16). The van der Waals surface area contributed by atoms with Crippen LogP contribution in [0.5, 0.6) is 0 Å². The molecule has 0 aliphatic carbocycles. The molecule has 5 heteroatoms. The molecule has 0 spiro atoms. The van der Waals surface area contributed by atoms with Gasteiger partial charge in [0.2, 0.25) is 0 Å². The highest BCUT2D eigenvalue weighted by Gasteiger charge is 2.07. The number of benzene rings is 1. The molecule has 0 saturated heterocycles. The molecular formula is C11H13N3OS. The van der Waals surface area contributed by atoms with Gasteiger partial charge in [0, 0.05) is 5.69 Å². The van der Waals surface area contributed by atoms with Crippen molar-refractivity contribution in [3.63, 3.8) is 0 Å². The fourth-order valence-corrected chi connectivity index (χ4v) is 1.82. The molecule has 1 aromatic heterocycles. The predicted octanol–water partition coefficient (Wildman–Crippen LogP) is 2.04. The smallest absolute Gasteiger partial charge is 0.199 e. The Morgan fingerprint density at radius 2 is 2.12 bits per heavy atom. The van der Waals surface area contributed by atoms with E-state index in [1.54, 1.807) is 4.57 Å². The summed E-state index contributed by atoms with van der Waals surface area (Å²) >= 11 is 5.13. The first-order valence-corrected chi connectivity index (χ1v) is 5.39. The summed E-state index contributed by atoms with van der Waals surface area (Å²) < 4.78 is 2.23. The van der Waals surface area contributed by atoms with Gasteiger partial charge in [-0.25, -0.2) is 0 Å². The second-order valence-electron chi connectivity index (χ2n) is 3.71. The van der Waals surface area contributed by atoms with Crippen LogP contribution < -0.4 is 0 Å². The van der Waals surface area contributed by atoms with Crippen molar-refractivity contribution in [1.29, 1.82) is 0 Å². The second kappa shape index (κ2) is 4.19. The second-order valence-corrected chi connectivity index (χ2v) is 4.09. The van der Waals surface area contributed by atoms with Gasteiger partial charge in [0.15, 0.2) is 10.6 Å². The van der Waals surface area contributed by atoms with E-state index in [-0.39, 0.29) is 6.61 Å². The largest absolute Gasteiger partial charge is 0.388 e. The Hall–Kier alpha value is -1.46. The van der Waals surface area contributed by atoms with Gasteiger partial charge in [0.05, 0.1) is 0 Å². The molecule has 0 amide bonds. The van der Waals surface area contributed by atoms with Gasteiger partial charge in [-0.15, -0.1) is 0 Å². The van der Waals surface area contributed by atoms with Crippen LogP contribution in [0.1, 0.15) is 17.0 Å². The first-order chi connectivity index (χ1) is 7.63. The van der Waals surface area contributed by atoms with E-state index in [0.717, 1.165) is 5.69 Å². The molecule has 1 heterocycles.